The van der Waals surface area contributed by atoms with Gasteiger partial charge >= 0.3 is 0 Å². The molecule has 0 aliphatic rings. The van der Waals surface area contributed by atoms with Gasteiger partial charge in [-0.2, -0.15) is 0 Å². The molecule has 16 heavy (non-hydrogen) atoms. The van der Waals surface area contributed by atoms with Gasteiger partial charge in [-0.3, -0.25) is 9.59 Å². The molecule has 0 bridgehead atoms. The maximum atomic E-state index is 11.6. The van der Waals surface area contributed by atoms with Crippen LogP contribution in [0, 0.1) is 0 Å². The Kier molecular flexibility index (Phi) is 7.54. The number of nitrogens with two attached hydrogens (primary N) is 1. The fourth-order valence-corrected chi connectivity index (χ4v) is 1.15. The van der Waals surface area contributed by atoms with Crippen molar-refractivity contribution in [2.24, 2.45) is 5.73 Å². The normalized spacial score (nSPS) is 12.0. The highest BCUT2D eigenvalue weighted by atomic mass is 16.2. The van der Waals surface area contributed by atoms with Crippen LogP contribution in [-0.2, 0) is 9.59 Å². The van der Waals surface area contributed by atoms with Crippen molar-refractivity contribution in [1.29, 1.82) is 0 Å². The Balaban J connectivity index is 3.84. The third-order valence-corrected chi connectivity index (χ3v) is 2.53. The van der Waals surface area contributed by atoms with E-state index in [0.29, 0.717) is 13.1 Å². The molecule has 0 aliphatic carbocycles. The number of likely N-dealkylation sites (N-methyl/N-ethyl adjacent to an activating group) is 1. The second-order valence-electron chi connectivity index (χ2n) is 3.94. The summed E-state index contributed by atoms with van der Waals surface area (Å²) in [6, 6.07) is 0.0196. The largest absolute Gasteiger partial charge is 0.356 e. The fourth-order valence-electron chi connectivity index (χ4n) is 1.15. The molecule has 3 N–H and O–H groups in total. The maximum absolute atomic E-state index is 11.6. The van der Waals surface area contributed by atoms with Crippen LogP contribution in [0.4, 0.5) is 0 Å². The van der Waals surface area contributed by atoms with Crippen molar-refractivity contribution in [2.75, 3.05) is 20.1 Å². The Morgan fingerprint density at radius 1 is 1.38 bits per heavy atom. The summed E-state index contributed by atoms with van der Waals surface area (Å²) in [5, 5.41) is 2.74. The monoisotopic (exact) mass is 229 g/mol. The lowest BCUT2D eigenvalue weighted by Gasteiger charge is -2.23. The molecule has 0 saturated heterocycles. The van der Waals surface area contributed by atoms with Crippen molar-refractivity contribution in [3.05, 3.63) is 0 Å². The van der Waals surface area contributed by atoms with E-state index in [2.05, 4.69) is 5.32 Å². The van der Waals surface area contributed by atoms with Crippen LogP contribution in [0.5, 0.6) is 0 Å². The number of hydrogen-bond acceptors (Lipinski definition) is 3. The summed E-state index contributed by atoms with van der Waals surface area (Å²) in [6.07, 6.45) is 1.40. The molecule has 5 heteroatoms. The first-order valence-electron chi connectivity index (χ1n) is 5.75. The topological polar surface area (TPSA) is 75.4 Å². The second kappa shape index (κ2) is 8.10. The van der Waals surface area contributed by atoms with E-state index in [-0.39, 0.29) is 30.7 Å². The van der Waals surface area contributed by atoms with Gasteiger partial charge < -0.3 is 16.0 Å². The van der Waals surface area contributed by atoms with Gasteiger partial charge in [0.1, 0.15) is 0 Å². The average molecular weight is 229 g/mol. The van der Waals surface area contributed by atoms with Gasteiger partial charge in [0.2, 0.25) is 11.8 Å². The number of nitrogens with zero attached hydrogens (tertiary/aromatic N) is 1. The lowest BCUT2D eigenvalue weighted by Crippen LogP contribution is -2.40. The first-order chi connectivity index (χ1) is 7.52. The lowest BCUT2D eigenvalue weighted by atomic mass is 10.2. The van der Waals surface area contributed by atoms with Crippen LogP contribution in [-0.4, -0.2) is 42.9 Å². The van der Waals surface area contributed by atoms with Crippen molar-refractivity contribution in [3.63, 3.8) is 0 Å². The highest BCUT2D eigenvalue weighted by molar-refractivity contribution is 5.83. The number of hydrogen-bond donors (Lipinski definition) is 2. The zero-order valence-corrected chi connectivity index (χ0v) is 10.5. The van der Waals surface area contributed by atoms with E-state index >= 15 is 0 Å². The fraction of sp³-hybridized carbons (Fsp3) is 0.818. The van der Waals surface area contributed by atoms with Crippen molar-refractivity contribution in [2.45, 2.75) is 39.2 Å². The minimum Gasteiger partial charge on any atom is -0.356 e. The van der Waals surface area contributed by atoms with Gasteiger partial charge in [0.15, 0.2) is 0 Å². The van der Waals surface area contributed by atoms with E-state index in [9.17, 15) is 9.59 Å². The number of nitrogens with one attached hydrogen (secondary N) is 1. The average Bonchev–Trinajstić information content (AvgIpc) is 2.31. The van der Waals surface area contributed by atoms with E-state index in [1.54, 1.807) is 11.9 Å². The molecule has 0 aromatic heterocycles. The van der Waals surface area contributed by atoms with Gasteiger partial charge in [-0.15, -0.1) is 0 Å². The first-order valence-corrected chi connectivity index (χ1v) is 5.75. The maximum Gasteiger partial charge on any atom is 0.223 e. The molecule has 1 unspecified atom stereocenters. The standard InChI is InChI=1S/C11H23N3O2/c1-4-7-13-10(15)5-6-11(16)14(3)9(2)8-12/h9H,4-8,12H2,1-3H3,(H,13,15). The smallest absolute Gasteiger partial charge is 0.223 e. The molecule has 0 saturated carbocycles. The molecule has 0 aliphatic heterocycles. The molecule has 0 heterocycles. The van der Waals surface area contributed by atoms with Crippen molar-refractivity contribution in [1.82, 2.24) is 10.2 Å². The van der Waals surface area contributed by atoms with Gasteiger partial charge in [0, 0.05) is 39.0 Å². The molecule has 1 atom stereocenters. The first kappa shape index (κ1) is 14.9. The zero-order chi connectivity index (χ0) is 12.6. The predicted molar refractivity (Wildman–Crippen MR) is 63.8 cm³/mol. The minimum atomic E-state index is -0.0657. The van der Waals surface area contributed by atoms with E-state index in [4.69, 9.17) is 5.73 Å². The van der Waals surface area contributed by atoms with E-state index in [0.717, 1.165) is 6.42 Å². The third kappa shape index (κ3) is 5.70. The van der Waals surface area contributed by atoms with Gasteiger partial charge in [0.25, 0.3) is 0 Å². The quantitative estimate of drug-likeness (QED) is 0.650. The molecule has 0 radical (unpaired) electrons. The summed E-state index contributed by atoms with van der Waals surface area (Å²) < 4.78 is 0. The minimum absolute atomic E-state index is 0.0196. The molecule has 94 valence electrons. The van der Waals surface area contributed by atoms with Crippen LogP contribution in [0.15, 0.2) is 0 Å². The lowest BCUT2D eigenvalue weighted by molar-refractivity contribution is -0.133. The van der Waals surface area contributed by atoms with Crippen LogP contribution in [0.2, 0.25) is 0 Å². The molecule has 0 aromatic rings. The molecule has 0 aromatic carbocycles. The number of rotatable bonds is 7. The Bertz CT molecular complexity index is 231. The molecule has 0 spiro atoms. The van der Waals surface area contributed by atoms with Crippen LogP contribution in [0.3, 0.4) is 0 Å². The van der Waals surface area contributed by atoms with Crippen molar-refractivity contribution >= 4 is 11.8 Å². The Labute approximate surface area is 97.4 Å². The van der Waals surface area contributed by atoms with Crippen LogP contribution in [0.25, 0.3) is 0 Å². The van der Waals surface area contributed by atoms with Crippen LogP contribution in [0.1, 0.15) is 33.1 Å². The number of amides is 2. The van der Waals surface area contributed by atoms with Gasteiger partial charge in [-0.1, -0.05) is 6.92 Å². The Hall–Kier alpha value is -1.10. The molecule has 0 fully saturated rings. The molecule has 0 rings (SSSR count). The summed E-state index contributed by atoms with van der Waals surface area (Å²) in [5.74, 6) is -0.103. The molecule has 5 nitrogen and oxygen atoms in total. The van der Waals surface area contributed by atoms with E-state index in [1.165, 1.54) is 0 Å². The Morgan fingerprint density at radius 3 is 2.50 bits per heavy atom. The number of carbonyl (C=O) groups excluding carboxylic acids is 2. The van der Waals surface area contributed by atoms with Crippen molar-refractivity contribution in [3.8, 4) is 0 Å². The number of carbonyl (C=O) groups is 2. The molecule has 2 amide bonds. The summed E-state index contributed by atoms with van der Waals surface area (Å²) >= 11 is 0. The van der Waals surface area contributed by atoms with E-state index in [1.807, 2.05) is 13.8 Å². The Morgan fingerprint density at radius 2 is 2.00 bits per heavy atom. The van der Waals surface area contributed by atoms with Crippen LogP contribution < -0.4 is 11.1 Å². The van der Waals surface area contributed by atoms with Gasteiger partial charge in [-0.05, 0) is 13.3 Å². The second-order valence-corrected chi connectivity index (χ2v) is 3.94. The summed E-state index contributed by atoms with van der Waals surface area (Å²) in [5.41, 5.74) is 5.46. The molecular weight excluding hydrogens is 206 g/mol. The molecular formula is C11H23N3O2. The summed E-state index contributed by atoms with van der Waals surface area (Å²) in [4.78, 5) is 24.5. The van der Waals surface area contributed by atoms with Gasteiger partial charge in [-0.25, -0.2) is 0 Å². The van der Waals surface area contributed by atoms with E-state index < -0.39 is 0 Å². The predicted octanol–water partition coefficient (Wildman–Crippen LogP) is 0.0984. The van der Waals surface area contributed by atoms with Gasteiger partial charge in [0.05, 0.1) is 0 Å². The highest BCUT2D eigenvalue weighted by Crippen LogP contribution is 2.00. The highest BCUT2D eigenvalue weighted by Gasteiger charge is 2.15. The summed E-state index contributed by atoms with van der Waals surface area (Å²) in [7, 11) is 1.71. The SMILES string of the molecule is CCCNC(=O)CCC(=O)N(C)C(C)CN. The van der Waals surface area contributed by atoms with Crippen LogP contribution >= 0.6 is 0 Å². The third-order valence-electron chi connectivity index (χ3n) is 2.53. The van der Waals surface area contributed by atoms with Crippen molar-refractivity contribution < 1.29 is 9.59 Å². The zero-order valence-electron chi connectivity index (χ0n) is 10.5. The summed E-state index contributed by atoms with van der Waals surface area (Å²) in [6.45, 7) is 4.98.